The summed E-state index contributed by atoms with van der Waals surface area (Å²) in [4.78, 5) is 26.0. The van der Waals surface area contributed by atoms with Gasteiger partial charge in [0.25, 0.3) is 15.9 Å². The van der Waals surface area contributed by atoms with Crippen LogP contribution in [0.3, 0.4) is 0 Å². The van der Waals surface area contributed by atoms with Crippen LogP contribution < -0.4 is 14.9 Å². The number of aryl methyl sites for hydroxylation is 1. The van der Waals surface area contributed by atoms with Crippen LogP contribution in [-0.2, 0) is 21.2 Å². The lowest BCUT2D eigenvalue weighted by Crippen LogP contribution is -2.43. The van der Waals surface area contributed by atoms with Gasteiger partial charge in [-0.1, -0.05) is 19.1 Å². The van der Waals surface area contributed by atoms with Crippen molar-refractivity contribution in [2.75, 3.05) is 48.9 Å². The van der Waals surface area contributed by atoms with Gasteiger partial charge in [0, 0.05) is 44.8 Å². The lowest BCUT2D eigenvalue weighted by molar-refractivity contribution is -0.192. The van der Waals surface area contributed by atoms with E-state index in [0.717, 1.165) is 69.8 Å². The van der Waals surface area contributed by atoms with Gasteiger partial charge in [-0.2, -0.15) is 13.2 Å². The number of halogens is 3. The molecule has 0 unspecified atom stereocenters. The number of hydrogen-bond acceptors (Lipinski definition) is 6. The molecule has 4 rings (SSSR count). The molecule has 2 aliphatic rings. The fraction of sp³-hybridized carbons (Fsp3) is 0.440. The number of amides is 1. The van der Waals surface area contributed by atoms with E-state index < -0.39 is 22.2 Å². The molecule has 13 heteroatoms. The largest absolute Gasteiger partial charge is 0.490 e. The van der Waals surface area contributed by atoms with Gasteiger partial charge in [-0.05, 0) is 55.2 Å². The number of carboxylic acid groups (broad SMARTS) is 1. The van der Waals surface area contributed by atoms with E-state index in [2.05, 4.69) is 14.9 Å². The molecule has 2 saturated heterocycles. The third-order valence-corrected chi connectivity index (χ3v) is 7.60. The van der Waals surface area contributed by atoms with E-state index in [1.165, 1.54) is 0 Å². The molecule has 38 heavy (non-hydrogen) atoms. The third kappa shape index (κ3) is 7.60. The Bertz CT molecular complexity index is 1220. The first-order valence-electron chi connectivity index (χ1n) is 12.2. The molecule has 0 saturated carbocycles. The lowest BCUT2D eigenvalue weighted by Gasteiger charge is -2.31. The number of aliphatic carboxylic acids is 1. The minimum absolute atomic E-state index is 0.0443. The van der Waals surface area contributed by atoms with Gasteiger partial charge in [-0.3, -0.25) is 9.52 Å². The van der Waals surface area contributed by atoms with Gasteiger partial charge in [0.05, 0.1) is 16.3 Å². The molecule has 0 atom stereocenters. The van der Waals surface area contributed by atoms with Crippen LogP contribution in [0.15, 0.2) is 47.4 Å². The third-order valence-electron chi connectivity index (χ3n) is 6.22. The summed E-state index contributed by atoms with van der Waals surface area (Å²) in [6.45, 7) is 6.76. The van der Waals surface area contributed by atoms with Gasteiger partial charge in [-0.15, -0.1) is 0 Å². The van der Waals surface area contributed by atoms with E-state index in [-0.39, 0.29) is 10.8 Å². The van der Waals surface area contributed by atoms with Gasteiger partial charge < -0.3 is 20.2 Å². The Kier molecular flexibility index (Phi) is 9.60. The van der Waals surface area contributed by atoms with E-state index in [9.17, 15) is 26.4 Å². The van der Waals surface area contributed by atoms with Crippen molar-refractivity contribution in [1.82, 2.24) is 10.2 Å². The summed E-state index contributed by atoms with van der Waals surface area (Å²) in [5, 5.41) is 10.4. The number of alkyl halides is 3. The Morgan fingerprint density at radius 1 is 1.00 bits per heavy atom. The maximum Gasteiger partial charge on any atom is 0.490 e. The first-order valence-corrected chi connectivity index (χ1v) is 13.7. The molecule has 0 aliphatic carbocycles. The molecule has 2 aliphatic heterocycles. The van der Waals surface area contributed by atoms with E-state index in [1.54, 1.807) is 18.2 Å². The highest BCUT2D eigenvalue weighted by atomic mass is 32.2. The molecule has 2 heterocycles. The van der Waals surface area contributed by atoms with Crippen molar-refractivity contribution < 1.29 is 36.3 Å². The molecule has 0 radical (unpaired) electrons. The normalized spacial score (nSPS) is 16.0. The molecular formula is C25H31F3N4O5S. The number of rotatable bonds is 6. The van der Waals surface area contributed by atoms with Crippen LogP contribution in [0.1, 0.15) is 35.7 Å². The van der Waals surface area contributed by atoms with Crippen molar-refractivity contribution >= 4 is 33.3 Å². The molecule has 9 nitrogen and oxygen atoms in total. The number of carbonyl (C=O) groups excluding carboxylic acids is 1. The predicted octanol–water partition coefficient (Wildman–Crippen LogP) is 3.33. The summed E-state index contributed by atoms with van der Waals surface area (Å²) < 4.78 is 60.8. The average molecular weight is 557 g/mol. The van der Waals surface area contributed by atoms with E-state index in [1.807, 2.05) is 36.1 Å². The summed E-state index contributed by atoms with van der Waals surface area (Å²) in [7, 11) is -3.78. The van der Waals surface area contributed by atoms with Gasteiger partial charge >= 0.3 is 12.1 Å². The minimum atomic E-state index is -5.08. The summed E-state index contributed by atoms with van der Waals surface area (Å²) in [5.41, 5.74) is 2.85. The second-order valence-corrected chi connectivity index (χ2v) is 10.6. The highest BCUT2D eigenvalue weighted by molar-refractivity contribution is 7.92. The van der Waals surface area contributed by atoms with Crippen molar-refractivity contribution in [1.29, 1.82) is 0 Å². The molecule has 3 N–H and O–H groups in total. The summed E-state index contributed by atoms with van der Waals surface area (Å²) in [5.74, 6) is -2.80. The molecular weight excluding hydrogens is 525 g/mol. The van der Waals surface area contributed by atoms with Crippen LogP contribution >= 0.6 is 0 Å². The molecule has 0 spiro atoms. The maximum absolute atomic E-state index is 13.1. The van der Waals surface area contributed by atoms with Crippen molar-refractivity contribution in [3.63, 3.8) is 0 Å². The fourth-order valence-corrected chi connectivity index (χ4v) is 5.21. The summed E-state index contributed by atoms with van der Waals surface area (Å²) in [6, 6.07) is 12.3. The predicted molar refractivity (Wildman–Crippen MR) is 137 cm³/mol. The fourth-order valence-electron chi connectivity index (χ4n) is 4.14. The number of carboxylic acids is 1. The quantitative estimate of drug-likeness (QED) is 0.500. The summed E-state index contributed by atoms with van der Waals surface area (Å²) in [6.07, 6.45) is -2.21. The van der Waals surface area contributed by atoms with Gasteiger partial charge in [-0.25, -0.2) is 13.2 Å². The number of piperazine rings is 1. The number of carbonyl (C=O) groups is 2. The number of likely N-dealkylation sites (tertiary alicyclic amines) is 1. The number of benzene rings is 2. The van der Waals surface area contributed by atoms with E-state index in [4.69, 9.17) is 9.90 Å². The molecule has 208 valence electrons. The van der Waals surface area contributed by atoms with Crippen LogP contribution in [0.25, 0.3) is 0 Å². The summed E-state index contributed by atoms with van der Waals surface area (Å²) >= 11 is 0. The Morgan fingerprint density at radius 3 is 2.11 bits per heavy atom. The highest BCUT2D eigenvalue weighted by Gasteiger charge is 2.38. The topological polar surface area (TPSA) is 119 Å². The molecule has 2 aromatic rings. The number of sulfonamides is 1. The number of anilines is 2. The monoisotopic (exact) mass is 556 g/mol. The Labute approximate surface area is 219 Å². The number of hydrogen-bond donors (Lipinski definition) is 3. The van der Waals surface area contributed by atoms with Crippen molar-refractivity contribution in [3.8, 4) is 0 Å². The van der Waals surface area contributed by atoms with Crippen LogP contribution in [0.4, 0.5) is 24.5 Å². The zero-order valence-electron chi connectivity index (χ0n) is 20.9. The molecule has 0 bridgehead atoms. The Hall–Kier alpha value is -3.32. The average Bonchev–Trinajstić information content (AvgIpc) is 3.43. The molecule has 2 fully saturated rings. The van der Waals surface area contributed by atoms with Gasteiger partial charge in [0.1, 0.15) is 0 Å². The number of nitrogens with zero attached hydrogens (tertiary/aromatic N) is 2. The van der Waals surface area contributed by atoms with Crippen molar-refractivity contribution in [2.24, 2.45) is 0 Å². The maximum atomic E-state index is 13.1. The van der Waals surface area contributed by atoms with Crippen molar-refractivity contribution in [3.05, 3.63) is 53.6 Å². The molecule has 1 amide bonds. The van der Waals surface area contributed by atoms with Crippen molar-refractivity contribution in [2.45, 2.75) is 37.3 Å². The van der Waals surface area contributed by atoms with Gasteiger partial charge in [0.15, 0.2) is 0 Å². The van der Waals surface area contributed by atoms with Crippen LogP contribution in [0.5, 0.6) is 0 Å². The second-order valence-electron chi connectivity index (χ2n) is 8.87. The standard InChI is InChI=1S/C23H30N4O3S.C2HF3O2/c1-2-18-5-8-20(9-6-18)31(29,30)25-21-17-19(23(28)27-13-3-4-14-27)7-10-22(21)26-15-11-24-12-16-26;3-2(4,5)1(6)7/h5-10,17,24-25H,2-4,11-16H2,1H3;(H,6,7). The van der Waals surface area contributed by atoms with Gasteiger partial charge in [0.2, 0.25) is 0 Å². The second kappa shape index (κ2) is 12.5. The first-order chi connectivity index (χ1) is 17.9. The molecule has 0 aromatic heterocycles. The lowest BCUT2D eigenvalue weighted by atomic mass is 10.1. The zero-order chi connectivity index (χ0) is 27.9. The number of nitrogens with one attached hydrogen (secondary N) is 2. The Morgan fingerprint density at radius 2 is 1.58 bits per heavy atom. The SMILES string of the molecule is CCc1ccc(S(=O)(=O)Nc2cc(C(=O)N3CCCC3)ccc2N2CCNCC2)cc1.O=C(O)C(F)(F)F. The van der Waals surface area contributed by atoms with E-state index in [0.29, 0.717) is 11.3 Å². The van der Waals surface area contributed by atoms with Crippen LogP contribution in [0, 0.1) is 0 Å². The minimum Gasteiger partial charge on any atom is -0.475 e. The first kappa shape index (κ1) is 29.2. The highest BCUT2D eigenvalue weighted by Crippen LogP contribution is 2.31. The van der Waals surface area contributed by atoms with Crippen LogP contribution in [0.2, 0.25) is 0 Å². The van der Waals surface area contributed by atoms with E-state index >= 15 is 0 Å². The smallest absolute Gasteiger partial charge is 0.475 e. The van der Waals surface area contributed by atoms with Crippen LogP contribution in [-0.4, -0.2) is 75.7 Å². The zero-order valence-corrected chi connectivity index (χ0v) is 21.7. The molecule has 2 aromatic carbocycles. The Balaban J connectivity index is 0.000000505.